The molecule has 1 aromatic heterocycles. The molecule has 8 heteroatoms. The number of H-pyrrole nitrogens is 1. The average Bonchev–Trinajstić information content (AvgIpc) is 3.27. The Morgan fingerprint density at radius 3 is 2.75 bits per heavy atom. The van der Waals surface area contributed by atoms with Crippen LogP contribution in [-0.4, -0.2) is 70.7 Å². The number of carbonyl (C=O) groups is 1. The number of carboxylic acids is 1. The maximum Gasteiger partial charge on any atom is 0.338 e. The zero-order valence-electron chi connectivity index (χ0n) is 20.5. The Balaban J connectivity index is 1.26. The summed E-state index contributed by atoms with van der Waals surface area (Å²) in [5.41, 5.74) is 7.62. The first-order valence-corrected chi connectivity index (χ1v) is 12.5. The molecule has 1 atom stereocenters. The van der Waals surface area contributed by atoms with Gasteiger partial charge in [0, 0.05) is 68.2 Å². The van der Waals surface area contributed by atoms with E-state index in [2.05, 4.69) is 67.6 Å². The lowest BCUT2D eigenvalue weighted by molar-refractivity contribution is -0.132. The van der Waals surface area contributed by atoms with Gasteiger partial charge in [-0.05, 0) is 47.4 Å². The number of hydrogen-bond acceptors (Lipinski definition) is 6. The van der Waals surface area contributed by atoms with Gasteiger partial charge in [0.05, 0.1) is 18.8 Å². The minimum Gasteiger partial charge on any atom is -0.478 e. The summed E-state index contributed by atoms with van der Waals surface area (Å²) < 4.78 is 5.49. The highest BCUT2D eigenvalue weighted by atomic mass is 16.5. The van der Waals surface area contributed by atoms with E-state index in [9.17, 15) is 9.90 Å². The molecule has 3 aliphatic heterocycles. The van der Waals surface area contributed by atoms with Gasteiger partial charge in [-0.3, -0.25) is 9.80 Å². The molecule has 3 N–H and O–H groups in total. The molecule has 0 amide bonds. The summed E-state index contributed by atoms with van der Waals surface area (Å²) >= 11 is 0. The van der Waals surface area contributed by atoms with Gasteiger partial charge < -0.3 is 20.1 Å². The van der Waals surface area contributed by atoms with Crippen LogP contribution in [-0.2, 0) is 29.0 Å². The fourth-order valence-corrected chi connectivity index (χ4v) is 5.41. The van der Waals surface area contributed by atoms with E-state index < -0.39 is 11.8 Å². The molecule has 1 saturated heterocycles. The summed E-state index contributed by atoms with van der Waals surface area (Å²) in [4.78, 5) is 24.2. The number of aliphatic imine (C=N–C) groups is 1. The van der Waals surface area contributed by atoms with Crippen molar-refractivity contribution in [2.24, 2.45) is 4.99 Å². The average molecular weight is 486 g/mol. The number of fused-ring (bicyclic) bond motifs is 3. The molecule has 2 aromatic carbocycles. The van der Waals surface area contributed by atoms with Gasteiger partial charge in [-0.15, -0.1) is 0 Å². The van der Waals surface area contributed by atoms with E-state index in [1.807, 2.05) is 6.92 Å². The Bertz CT molecular complexity index is 1370. The Morgan fingerprint density at radius 2 is 1.97 bits per heavy atom. The SMILES string of the molecule is CC1(N2CCc3[nH]c4ccc(-c5cccc(CN6CCOCC6)c5)cc4c3C2)N=CC(C(=O)O)=CN1. The summed E-state index contributed by atoms with van der Waals surface area (Å²) in [6, 6.07) is 15.5. The summed E-state index contributed by atoms with van der Waals surface area (Å²) in [7, 11) is 0. The summed E-state index contributed by atoms with van der Waals surface area (Å²) in [6.07, 6.45) is 3.88. The number of benzene rings is 2. The van der Waals surface area contributed by atoms with Crippen molar-refractivity contribution in [3.63, 3.8) is 0 Å². The number of hydrogen-bond donors (Lipinski definition) is 3. The van der Waals surface area contributed by atoms with Crippen LogP contribution in [0, 0.1) is 0 Å². The van der Waals surface area contributed by atoms with Crippen molar-refractivity contribution < 1.29 is 14.6 Å². The molecule has 6 rings (SSSR count). The number of carboxylic acid groups (broad SMARTS) is 1. The molecule has 36 heavy (non-hydrogen) atoms. The number of aromatic amines is 1. The van der Waals surface area contributed by atoms with Crippen molar-refractivity contribution in [3.8, 4) is 11.1 Å². The van der Waals surface area contributed by atoms with Crippen molar-refractivity contribution in [1.29, 1.82) is 0 Å². The number of aromatic nitrogens is 1. The summed E-state index contributed by atoms with van der Waals surface area (Å²) in [5.74, 6) is -1.65. The van der Waals surface area contributed by atoms with Gasteiger partial charge in [-0.1, -0.05) is 24.3 Å². The second-order valence-corrected chi connectivity index (χ2v) is 9.93. The van der Waals surface area contributed by atoms with Crippen LogP contribution in [0.15, 0.2) is 59.2 Å². The highest BCUT2D eigenvalue weighted by Gasteiger charge is 2.35. The lowest BCUT2D eigenvalue weighted by Gasteiger charge is -2.41. The van der Waals surface area contributed by atoms with Crippen molar-refractivity contribution in [2.45, 2.75) is 32.2 Å². The van der Waals surface area contributed by atoms with Crippen molar-refractivity contribution >= 4 is 23.1 Å². The maximum atomic E-state index is 11.3. The number of morpholine rings is 1. The predicted octanol–water partition coefficient (Wildman–Crippen LogP) is 3.34. The number of rotatable bonds is 5. The van der Waals surface area contributed by atoms with Gasteiger partial charge in [0.2, 0.25) is 0 Å². The molecular formula is C28H31N5O3. The molecule has 0 spiro atoms. The van der Waals surface area contributed by atoms with Crippen LogP contribution in [0.3, 0.4) is 0 Å². The molecule has 1 unspecified atom stereocenters. The first-order valence-electron chi connectivity index (χ1n) is 12.5. The van der Waals surface area contributed by atoms with Crippen LogP contribution in [0.1, 0.15) is 23.7 Å². The molecule has 0 saturated carbocycles. The van der Waals surface area contributed by atoms with Crippen molar-refractivity contribution in [1.82, 2.24) is 20.1 Å². The molecule has 3 aliphatic rings. The normalized spacial score (nSPS) is 22.8. The highest BCUT2D eigenvalue weighted by molar-refractivity contribution is 6.08. The van der Waals surface area contributed by atoms with Crippen molar-refractivity contribution in [3.05, 3.63) is 71.1 Å². The van der Waals surface area contributed by atoms with E-state index in [0.717, 1.165) is 57.9 Å². The Hall–Kier alpha value is -3.46. The van der Waals surface area contributed by atoms with Crippen LogP contribution < -0.4 is 5.32 Å². The predicted molar refractivity (Wildman–Crippen MR) is 140 cm³/mol. The minimum atomic E-state index is -0.979. The van der Waals surface area contributed by atoms with E-state index in [4.69, 9.17) is 4.74 Å². The first-order chi connectivity index (χ1) is 17.5. The van der Waals surface area contributed by atoms with Gasteiger partial charge >= 0.3 is 5.97 Å². The monoisotopic (exact) mass is 485 g/mol. The Morgan fingerprint density at radius 1 is 1.14 bits per heavy atom. The lowest BCUT2D eigenvalue weighted by Crippen LogP contribution is -2.56. The molecule has 186 valence electrons. The van der Waals surface area contributed by atoms with Crippen LogP contribution in [0.5, 0.6) is 0 Å². The van der Waals surface area contributed by atoms with E-state index in [0.29, 0.717) is 0 Å². The van der Waals surface area contributed by atoms with Gasteiger partial charge in [-0.25, -0.2) is 9.79 Å². The largest absolute Gasteiger partial charge is 0.478 e. The van der Waals surface area contributed by atoms with Crippen LogP contribution in [0.4, 0.5) is 0 Å². The second kappa shape index (κ2) is 9.20. The second-order valence-electron chi connectivity index (χ2n) is 9.93. The van der Waals surface area contributed by atoms with Gasteiger partial charge in [0.15, 0.2) is 5.79 Å². The molecular weight excluding hydrogens is 454 g/mol. The molecule has 0 radical (unpaired) electrons. The smallest absolute Gasteiger partial charge is 0.338 e. The van der Waals surface area contributed by atoms with Crippen LogP contribution in [0.25, 0.3) is 22.0 Å². The van der Waals surface area contributed by atoms with Crippen LogP contribution >= 0.6 is 0 Å². The minimum absolute atomic E-state index is 0.165. The third-order valence-corrected chi connectivity index (χ3v) is 7.56. The maximum absolute atomic E-state index is 11.3. The van der Waals surface area contributed by atoms with Gasteiger partial charge in [0.25, 0.3) is 0 Å². The van der Waals surface area contributed by atoms with E-state index in [-0.39, 0.29) is 5.57 Å². The lowest BCUT2D eigenvalue weighted by atomic mass is 9.98. The third-order valence-electron chi connectivity index (χ3n) is 7.56. The molecule has 4 heterocycles. The zero-order valence-corrected chi connectivity index (χ0v) is 20.5. The molecule has 1 fully saturated rings. The fraction of sp³-hybridized carbons (Fsp3) is 0.357. The Labute approximate surface area is 210 Å². The van der Waals surface area contributed by atoms with Gasteiger partial charge in [0.1, 0.15) is 0 Å². The van der Waals surface area contributed by atoms with Crippen LogP contribution in [0.2, 0.25) is 0 Å². The number of ether oxygens (including phenoxy) is 1. The molecule has 3 aromatic rings. The third kappa shape index (κ3) is 4.32. The number of nitrogens with one attached hydrogen (secondary N) is 2. The van der Waals surface area contributed by atoms with E-state index in [1.54, 1.807) is 6.20 Å². The fourth-order valence-electron chi connectivity index (χ4n) is 5.41. The molecule has 0 aliphatic carbocycles. The summed E-state index contributed by atoms with van der Waals surface area (Å²) in [6.45, 7) is 8.06. The van der Waals surface area contributed by atoms with Gasteiger partial charge in [-0.2, -0.15) is 0 Å². The molecule has 0 bridgehead atoms. The van der Waals surface area contributed by atoms with E-state index in [1.165, 1.54) is 39.5 Å². The first kappa shape index (κ1) is 23.0. The zero-order chi connectivity index (χ0) is 24.7. The molecule has 8 nitrogen and oxygen atoms in total. The number of aliphatic carboxylic acids is 1. The van der Waals surface area contributed by atoms with E-state index >= 15 is 0 Å². The quantitative estimate of drug-likeness (QED) is 0.513. The summed E-state index contributed by atoms with van der Waals surface area (Å²) in [5, 5.41) is 13.7. The number of nitrogens with zero attached hydrogens (tertiary/aromatic N) is 3. The Kier molecular flexibility index (Phi) is 5.87. The highest BCUT2D eigenvalue weighted by Crippen LogP contribution is 2.34. The topological polar surface area (TPSA) is 93.2 Å². The standard InChI is InChI=1S/C28H31N5O3/c1-28(29-15-22(16-30-28)27(34)35)33-8-7-26-24(18-33)23-14-21(5-6-25(23)31-26)20-4-2-3-19(13-20)17-32-9-11-36-12-10-32/h2-6,13-16,29,31H,7-12,17-18H2,1H3,(H,34,35). The van der Waals surface area contributed by atoms with Crippen molar-refractivity contribution in [2.75, 3.05) is 32.8 Å².